The van der Waals surface area contributed by atoms with Crippen LogP contribution in [0.5, 0.6) is 0 Å². The Balaban J connectivity index is 2.59. The first-order chi connectivity index (χ1) is 4.72. The van der Waals surface area contributed by atoms with Crippen molar-refractivity contribution in [1.82, 2.24) is 0 Å². The molecule has 0 aromatic heterocycles. The predicted octanol–water partition coefficient (Wildman–Crippen LogP) is 0.922. The summed E-state index contributed by atoms with van der Waals surface area (Å²) in [5.74, 6) is 1.02. The van der Waals surface area contributed by atoms with Crippen molar-refractivity contribution in [3.63, 3.8) is 0 Å². The van der Waals surface area contributed by atoms with Crippen molar-refractivity contribution in [1.29, 1.82) is 0 Å². The number of esters is 1. The van der Waals surface area contributed by atoms with Crippen molar-refractivity contribution in [2.45, 2.75) is 18.4 Å². The number of thiol groups is 2. The van der Waals surface area contributed by atoms with E-state index in [1.54, 1.807) is 0 Å². The molecule has 0 radical (unpaired) electrons. The lowest BCUT2D eigenvalue weighted by Gasteiger charge is -2.22. The highest BCUT2D eigenvalue weighted by Gasteiger charge is 2.37. The highest BCUT2D eigenvalue weighted by molar-refractivity contribution is 7.81. The van der Waals surface area contributed by atoms with Crippen LogP contribution in [0.25, 0.3) is 0 Å². The van der Waals surface area contributed by atoms with E-state index in [1.165, 1.54) is 0 Å². The minimum Gasteiger partial charge on any atom is -0.457 e. The Morgan fingerprint density at radius 1 is 1.50 bits per heavy atom. The number of carbonyl (C=O) groups is 1. The molecular weight excluding hydrogens is 168 g/mol. The van der Waals surface area contributed by atoms with Gasteiger partial charge in [0, 0.05) is 17.9 Å². The van der Waals surface area contributed by atoms with E-state index in [-0.39, 0.29) is 11.6 Å². The molecule has 1 heterocycles. The third-order valence-electron chi connectivity index (χ3n) is 1.69. The van der Waals surface area contributed by atoms with Gasteiger partial charge in [-0.2, -0.15) is 25.3 Å². The molecule has 0 aromatic rings. The van der Waals surface area contributed by atoms with E-state index in [0.717, 1.165) is 6.42 Å². The maximum absolute atomic E-state index is 10.7. The molecule has 58 valence electrons. The van der Waals surface area contributed by atoms with Gasteiger partial charge in [-0.1, -0.05) is 0 Å². The summed E-state index contributed by atoms with van der Waals surface area (Å²) >= 11 is 8.19. The van der Waals surface area contributed by atoms with Gasteiger partial charge < -0.3 is 4.74 Å². The van der Waals surface area contributed by atoms with Gasteiger partial charge in [-0.15, -0.1) is 0 Å². The van der Waals surface area contributed by atoms with Crippen LogP contribution in [0, 0.1) is 0 Å². The van der Waals surface area contributed by atoms with E-state index in [2.05, 4.69) is 25.3 Å². The Morgan fingerprint density at radius 2 is 2.10 bits per heavy atom. The summed E-state index contributed by atoms with van der Waals surface area (Å²) in [6, 6.07) is 0. The normalized spacial score (nSPS) is 22.8. The summed E-state index contributed by atoms with van der Waals surface area (Å²) < 4.78 is 5.06. The van der Waals surface area contributed by atoms with Gasteiger partial charge in [0.25, 0.3) is 0 Å². The molecular formula is C6H10O2S2. The number of ether oxygens (including phenoxy) is 1. The van der Waals surface area contributed by atoms with Crippen molar-refractivity contribution in [2.24, 2.45) is 0 Å². The molecule has 1 rings (SSSR count). The second kappa shape index (κ2) is 3.05. The maximum Gasteiger partial charge on any atom is 0.306 e. The minimum absolute atomic E-state index is 0.122. The van der Waals surface area contributed by atoms with Gasteiger partial charge in [0.1, 0.15) is 5.60 Å². The van der Waals surface area contributed by atoms with Crippen molar-refractivity contribution in [3.8, 4) is 0 Å². The van der Waals surface area contributed by atoms with Gasteiger partial charge in [0.05, 0.1) is 0 Å². The average molecular weight is 178 g/mol. The number of hydrogen-bond acceptors (Lipinski definition) is 4. The smallest absolute Gasteiger partial charge is 0.306 e. The third kappa shape index (κ3) is 1.42. The number of hydrogen-bond donors (Lipinski definition) is 2. The lowest BCUT2D eigenvalue weighted by Crippen LogP contribution is -2.32. The molecule has 0 spiro atoms. The van der Waals surface area contributed by atoms with Gasteiger partial charge in [0.2, 0.25) is 0 Å². The summed E-state index contributed by atoms with van der Waals surface area (Å²) in [7, 11) is 0. The molecule has 4 heteroatoms. The molecule has 2 nitrogen and oxygen atoms in total. The largest absolute Gasteiger partial charge is 0.457 e. The zero-order chi connectivity index (χ0) is 7.61. The molecule has 0 amide bonds. The van der Waals surface area contributed by atoms with Gasteiger partial charge in [-0.25, -0.2) is 0 Å². The monoisotopic (exact) mass is 178 g/mol. The Bertz CT molecular complexity index is 143. The van der Waals surface area contributed by atoms with Crippen LogP contribution in [-0.2, 0) is 9.53 Å². The summed E-state index contributed by atoms with van der Waals surface area (Å²) in [4.78, 5) is 10.7. The highest BCUT2D eigenvalue weighted by Crippen LogP contribution is 2.28. The van der Waals surface area contributed by atoms with E-state index >= 15 is 0 Å². The first-order valence-electron chi connectivity index (χ1n) is 3.16. The summed E-state index contributed by atoms with van der Waals surface area (Å²) in [6.07, 6.45) is 1.28. The van der Waals surface area contributed by atoms with Crippen LogP contribution < -0.4 is 0 Å². The molecule has 0 N–H and O–H groups in total. The van der Waals surface area contributed by atoms with E-state index in [0.29, 0.717) is 17.9 Å². The van der Waals surface area contributed by atoms with Crippen LogP contribution in [0.4, 0.5) is 0 Å². The highest BCUT2D eigenvalue weighted by atomic mass is 32.1. The van der Waals surface area contributed by atoms with E-state index < -0.39 is 0 Å². The van der Waals surface area contributed by atoms with E-state index in [4.69, 9.17) is 4.74 Å². The number of carbonyl (C=O) groups excluding carboxylic acids is 1. The van der Waals surface area contributed by atoms with Crippen LogP contribution in [0.1, 0.15) is 12.8 Å². The lowest BCUT2D eigenvalue weighted by molar-refractivity contribution is -0.145. The molecule has 0 bridgehead atoms. The molecule has 0 aliphatic carbocycles. The molecule has 0 atom stereocenters. The Hall–Kier alpha value is 0.170. The molecule has 0 saturated carbocycles. The maximum atomic E-state index is 10.7. The summed E-state index contributed by atoms with van der Waals surface area (Å²) in [5, 5.41) is 0. The van der Waals surface area contributed by atoms with E-state index in [9.17, 15) is 4.79 Å². The van der Waals surface area contributed by atoms with Crippen LogP contribution in [-0.4, -0.2) is 23.1 Å². The van der Waals surface area contributed by atoms with E-state index in [1.807, 2.05) is 0 Å². The molecule has 1 aliphatic heterocycles. The van der Waals surface area contributed by atoms with Gasteiger partial charge in [-0.3, -0.25) is 4.79 Å². The molecule has 1 fully saturated rings. The fourth-order valence-electron chi connectivity index (χ4n) is 0.946. The SMILES string of the molecule is O=C1CCC(CS)(CS)O1. The van der Waals surface area contributed by atoms with Crippen molar-refractivity contribution >= 4 is 31.2 Å². The Kier molecular flexibility index (Phi) is 2.52. The Labute approximate surface area is 71.1 Å². The fraction of sp³-hybridized carbons (Fsp3) is 0.833. The van der Waals surface area contributed by atoms with Crippen LogP contribution in [0.15, 0.2) is 0 Å². The standard InChI is InChI=1S/C6H10O2S2/c7-5-1-2-6(3-9,4-10)8-5/h9-10H,1-4H2. The van der Waals surface area contributed by atoms with Crippen LogP contribution in [0.2, 0.25) is 0 Å². The average Bonchev–Trinajstić information content (AvgIpc) is 2.33. The second-order valence-corrected chi connectivity index (χ2v) is 3.11. The quantitative estimate of drug-likeness (QED) is 0.486. The van der Waals surface area contributed by atoms with Crippen molar-refractivity contribution < 1.29 is 9.53 Å². The number of cyclic esters (lactones) is 1. The zero-order valence-electron chi connectivity index (χ0n) is 5.54. The third-order valence-corrected chi connectivity index (χ3v) is 2.84. The van der Waals surface area contributed by atoms with Crippen LogP contribution in [0.3, 0.4) is 0 Å². The zero-order valence-corrected chi connectivity index (χ0v) is 7.33. The molecule has 10 heavy (non-hydrogen) atoms. The van der Waals surface area contributed by atoms with Crippen molar-refractivity contribution in [3.05, 3.63) is 0 Å². The fourth-order valence-corrected chi connectivity index (χ4v) is 1.79. The van der Waals surface area contributed by atoms with Gasteiger partial charge in [0.15, 0.2) is 0 Å². The molecule has 1 saturated heterocycles. The number of rotatable bonds is 2. The summed E-state index contributed by atoms with van der Waals surface area (Å²) in [5.41, 5.74) is -0.372. The second-order valence-electron chi connectivity index (χ2n) is 2.47. The summed E-state index contributed by atoms with van der Waals surface area (Å²) in [6.45, 7) is 0. The van der Waals surface area contributed by atoms with Crippen molar-refractivity contribution in [2.75, 3.05) is 11.5 Å². The lowest BCUT2D eigenvalue weighted by atomic mass is 10.1. The predicted molar refractivity (Wildman–Crippen MR) is 45.8 cm³/mol. The first-order valence-corrected chi connectivity index (χ1v) is 4.42. The van der Waals surface area contributed by atoms with Crippen LogP contribution >= 0.6 is 25.3 Å². The topological polar surface area (TPSA) is 26.3 Å². The first kappa shape index (κ1) is 8.27. The molecule has 0 unspecified atom stereocenters. The molecule has 1 aliphatic rings. The minimum atomic E-state index is -0.372. The van der Waals surface area contributed by atoms with Gasteiger partial charge >= 0.3 is 5.97 Å². The Morgan fingerprint density at radius 3 is 2.30 bits per heavy atom. The molecule has 0 aromatic carbocycles. The van der Waals surface area contributed by atoms with Gasteiger partial charge in [-0.05, 0) is 6.42 Å².